The number of halogens is 3. The van der Waals surface area contributed by atoms with Crippen molar-refractivity contribution in [2.24, 2.45) is 20.0 Å². The van der Waals surface area contributed by atoms with Crippen LogP contribution < -0.4 is 0 Å². The lowest BCUT2D eigenvalue weighted by molar-refractivity contribution is -0.141. The van der Waals surface area contributed by atoms with Gasteiger partial charge < -0.3 is 0 Å². The molecule has 4 nitrogen and oxygen atoms in total. The van der Waals surface area contributed by atoms with E-state index in [0.717, 1.165) is 16.7 Å². The Kier molecular flexibility index (Phi) is 6.84. The van der Waals surface area contributed by atoms with Crippen molar-refractivity contribution in [3.63, 3.8) is 0 Å². The van der Waals surface area contributed by atoms with Crippen molar-refractivity contribution in [3.8, 4) is 0 Å². The molecule has 0 atom stereocenters. The highest BCUT2D eigenvalue weighted by atomic mass is 19.4. The zero-order valence-electron chi connectivity index (χ0n) is 14.4. The van der Waals surface area contributed by atoms with Crippen LogP contribution in [0.1, 0.15) is 43.8 Å². The zero-order chi connectivity index (χ0) is 17.6. The van der Waals surface area contributed by atoms with Crippen LogP contribution in [0.25, 0.3) is 0 Å². The lowest BCUT2D eigenvalue weighted by Crippen LogP contribution is -2.06. The van der Waals surface area contributed by atoms with Gasteiger partial charge in [0.25, 0.3) is 0 Å². The number of rotatable bonds is 2. The maximum Gasteiger partial charge on any atom is 0.435 e. The first-order valence-electron chi connectivity index (χ1n) is 7.82. The Morgan fingerprint density at radius 2 is 1.78 bits per heavy atom. The number of alkyl halides is 3. The summed E-state index contributed by atoms with van der Waals surface area (Å²) in [5.41, 5.74) is 1.68. The molecule has 0 aliphatic heterocycles. The molecule has 130 valence electrons. The summed E-state index contributed by atoms with van der Waals surface area (Å²) in [4.78, 5) is 0. The highest BCUT2D eigenvalue weighted by Gasteiger charge is 2.33. The van der Waals surface area contributed by atoms with E-state index in [9.17, 15) is 13.2 Å². The largest absolute Gasteiger partial charge is 0.435 e. The standard InChI is InChI=1S/C9H14N2.C5H5F3N2.C2H6/c1-7-5-9(10-11(7)2)6-8-3-4-8;1-10-3-2-4(9-10)5(6,7)8;1-2/h5,8H,3-4,6H2,1-2H3;2-3H,1H3;1-2H3. The van der Waals surface area contributed by atoms with Crippen molar-refractivity contribution >= 4 is 0 Å². The molecule has 3 rings (SSSR count). The topological polar surface area (TPSA) is 35.6 Å². The Bertz CT molecular complexity index is 575. The average Bonchev–Trinajstić information content (AvgIpc) is 3.07. The SMILES string of the molecule is CC.Cc1cc(CC2CC2)nn1C.Cn1ccc(C(F)(F)F)n1. The summed E-state index contributed by atoms with van der Waals surface area (Å²) in [5.74, 6) is 0.948. The number of nitrogens with zero attached hydrogens (tertiary/aromatic N) is 4. The second-order valence-corrected chi connectivity index (χ2v) is 5.42. The average molecular weight is 330 g/mol. The van der Waals surface area contributed by atoms with Crippen LogP contribution in [-0.4, -0.2) is 19.6 Å². The van der Waals surface area contributed by atoms with Gasteiger partial charge >= 0.3 is 6.18 Å². The van der Waals surface area contributed by atoms with Gasteiger partial charge in [0.1, 0.15) is 0 Å². The van der Waals surface area contributed by atoms with Gasteiger partial charge in [0.15, 0.2) is 5.69 Å². The second kappa shape index (κ2) is 8.17. The van der Waals surface area contributed by atoms with E-state index in [1.165, 1.54) is 43.9 Å². The highest BCUT2D eigenvalue weighted by Crippen LogP contribution is 2.32. The van der Waals surface area contributed by atoms with E-state index in [1.54, 1.807) is 0 Å². The van der Waals surface area contributed by atoms with Gasteiger partial charge in [-0.15, -0.1) is 0 Å². The third kappa shape index (κ3) is 6.46. The van der Waals surface area contributed by atoms with Gasteiger partial charge in [-0.25, -0.2) is 0 Å². The van der Waals surface area contributed by atoms with Crippen molar-refractivity contribution in [2.75, 3.05) is 0 Å². The predicted octanol–water partition coefficient (Wildman–Crippen LogP) is 4.15. The third-order valence-corrected chi connectivity index (χ3v) is 3.36. The first kappa shape index (κ1) is 19.3. The van der Waals surface area contributed by atoms with Gasteiger partial charge in [0.05, 0.1) is 5.69 Å². The van der Waals surface area contributed by atoms with Crippen molar-refractivity contribution < 1.29 is 13.2 Å². The zero-order valence-corrected chi connectivity index (χ0v) is 14.4. The minimum absolute atomic E-state index is 0.852. The van der Waals surface area contributed by atoms with E-state index in [1.807, 2.05) is 25.6 Å². The van der Waals surface area contributed by atoms with Gasteiger partial charge in [-0.05, 0) is 44.2 Å². The van der Waals surface area contributed by atoms with E-state index in [2.05, 4.69) is 23.2 Å². The molecule has 1 fully saturated rings. The molecular formula is C16H25F3N4. The summed E-state index contributed by atoms with van der Waals surface area (Å²) in [6, 6.07) is 3.12. The van der Waals surface area contributed by atoms with E-state index >= 15 is 0 Å². The van der Waals surface area contributed by atoms with E-state index < -0.39 is 11.9 Å². The molecule has 0 amide bonds. The van der Waals surface area contributed by atoms with Crippen molar-refractivity contribution in [1.82, 2.24) is 19.6 Å². The van der Waals surface area contributed by atoms with Gasteiger partial charge in [-0.1, -0.05) is 13.8 Å². The third-order valence-electron chi connectivity index (χ3n) is 3.36. The van der Waals surface area contributed by atoms with Crippen LogP contribution >= 0.6 is 0 Å². The predicted molar refractivity (Wildman–Crippen MR) is 83.9 cm³/mol. The molecule has 1 aliphatic carbocycles. The molecule has 1 aliphatic rings. The number of aromatic nitrogens is 4. The highest BCUT2D eigenvalue weighted by molar-refractivity contribution is 5.10. The first-order chi connectivity index (χ1) is 10.8. The van der Waals surface area contributed by atoms with E-state index in [0.29, 0.717) is 0 Å². The molecule has 0 bridgehead atoms. The normalized spacial score (nSPS) is 13.7. The summed E-state index contributed by atoms with van der Waals surface area (Å²) in [5, 5.41) is 7.58. The summed E-state index contributed by atoms with van der Waals surface area (Å²) < 4.78 is 38.2. The number of hydrogen-bond acceptors (Lipinski definition) is 2. The Hall–Kier alpha value is -1.79. The molecule has 1 saturated carbocycles. The molecule has 2 heterocycles. The Morgan fingerprint density at radius 3 is 2.09 bits per heavy atom. The van der Waals surface area contributed by atoms with Crippen LogP contribution in [-0.2, 0) is 26.7 Å². The second-order valence-electron chi connectivity index (χ2n) is 5.42. The van der Waals surface area contributed by atoms with Crippen LogP contribution in [0, 0.1) is 12.8 Å². The lowest BCUT2D eigenvalue weighted by atomic mass is 10.2. The number of aryl methyl sites for hydroxylation is 3. The van der Waals surface area contributed by atoms with E-state index in [-0.39, 0.29) is 0 Å². The smallest absolute Gasteiger partial charge is 0.275 e. The summed E-state index contributed by atoms with van der Waals surface area (Å²) in [7, 11) is 3.45. The molecule has 7 heteroatoms. The fourth-order valence-electron chi connectivity index (χ4n) is 1.92. The van der Waals surface area contributed by atoms with Crippen molar-refractivity contribution in [3.05, 3.63) is 35.4 Å². The summed E-state index contributed by atoms with van der Waals surface area (Å²) in [6.07, 6.45) is 0.955. The Balaban J connectivity index is 0.000000209. The fraction of sp³-hybridized carbons (Fsp3) is 0.625. The van der Waals surface area contributed by atoms with Crippen LogP contribution in [0.5, 0.6) is 0 Å². The molecule has 23 heavy (non-hydrogen) atoms. The summed E-state index contributed by atoms with van der Waals surface area (Å²) >= 11 is 0. The van der Waals surface area contributed by atoms with Crippen LogP contribution in [0.15, 0.2) is 18.3 Å². The maximum atomic E-state index is 11.7. The van der Waals surface area contributed by atoms with Crippen LogP contribution in [0.3, 0.4) is 0 Å². The fourth-order valence-corrected chi connectivity index (χ4v) is 1.92. The molecule has 2 aromatic heterocycles. The molecular weight excluding hydrogens is 305 g/mol. The minimum atomic E-state index is -4.32. The molecule has 2 aromatic rings. The maximum absolute atomic E-state index is 11.7. The molecule has 0 radical (unpaired) electrons. The van der Waals surface area contributed by atoms with Gasteiger partial charge in [-0.2, -0.15) is 23.4 Å². The minimum Gasteiger partial charge on any atom is -0.275 e. The first-order valence-corrected chi connectivity index (χ1v) is 7.82. The van der Waals surface area contributed by atoms with Crippen molar-refractivity contribution in [1.29, 1.82) is 0 Å². The lowest BCUT2D eigenvalue weighted by Gasteiger charge is -1.99. The Labute approximate surface area is 135 Å². The van der Waals surface area contributed by atoms with Crippen LogP contribution in [0.4, 0.5) is 13.2 Å². The quantitative estimate of drug-likeness (QED) is 0.829. The van der Waals surface area contributed by atoms with Crippen molar-refractivity contribution in [2.45, 2.75) is 46.2 Å². The Morgan fingerprint density at radius 1 is 1.17 bits per heavy atom. The number of hydrogen-bond donors (Lipinski definition) is 0. The molecule has 0 spiro atoms. The van der Waals surface area contributed by atoms with Gasteiger partial charge in [0, 0.05) is 26.0 Å². The van der Waals surface area contributed by atoms with Crippen LogP contribution in [0.2, 0.25) is 0 Å². The molecule has 0 aromatic carbocycles. The monoisotopic (exact) mass is 330 g/mol. The summed E-state index contributed by atoms with van der Waals surface area (Å²) in [6.45, 7) is 6.10. The molecule has 0 unspecified atom stereocenters. The van der Waals surface area contributed by atoms with Gasteiger partial charge in [0.2, 0.25) is 0 Å². The molecule has 0 N–H and O–H groups in total. The van der Waals surface area contributed by atoms with E-state index in [4.69, 9.17) is 0 Å². The molecule has 0 saturated heterocycles. The van der Waals surface area contributed by atoms with Gasteiger partial charge in [-0.3, -0.25) is 9.36 Å².